The second kappa shape index (κ2) is 18.8. The summed E-state index contributed by atoms with van der Waals surface area (Å²) in [6.07, 6.45) is 0.164. The van der Waals surface area contributed by atoms with E-state index in [9.17, 15) is 18.4 Å². The lowest BCUT2D eigenvalue weighted by atomic mass is 10.0. The Morgan fingerprint density at radius 1 is 0.694 bits per heavy atom. The Bertz CT molecular complexity index is 1930. The first-order valence-electron chi connectivity index (χ1n) is 14.7. The van der Waals surface area contributed by atoms with Gasteiger partial charge in [-0.05, 0) is 84.2 Å². The van der Waals surface area contributed by atoms with Gasteiger partial charge in [0, 0.05) is 21.2 Å². The second-order valence-electron chi connectivity index (χ2n) is 9.91. The Labute approximate surface area is 301 Å². The zero-order valence-electron chi connectivity index (χ0n) is 26.5. The summed E-state index contributed by atoms with van der Waals surface area (Å²) in [5.74, 6) is -1.89. The lowest BCUT2D eigenvalue weighted by Gasteiger charge is -2.14. The van der Waals surface area contributed by atoms with Crippen LogP contribution in [-0.4, -0.2) is 25.2 Å². The van der Waals surface area contributed by atoms with Crippen molar-refractivity contribution in [2.24, 2.45) is 0 Å². The molecule has 0 spiro atoms. The van der Waals surface area contributed by atoms with Crippen LogP contribution in [0.25, 0.3) is 9.69 Å². The molecular formula is C36H29BrCl2F2N2O6. The SMILES string of the molecule is [C-]#[N+]c1cc(Cl)cc(Oc2c(Br)ccc(CC(=O)OCC)c2F)c1.[C-]#[N+]c1cc(Cl)cc(Oc2c(CC)ccc(CC(=O)OCC)c2F)c1. The number of carbonyl (C=O) groups is 2. The van der Waals surface area contributed by atoms with E-state index in [4.69, 9.17) is 55.3 Å². The maximum absolute atomic E-state index is 14.9. The molecule has 0 aliphatic carbocycles. The predicted molar refractivity (Wildman–Crippen MR) is 186 cm³/mol. The fraction of sp³-hybridized carbons (Fsp3) is 0.222. The van der Waals surface area contributed by atoms with Gasteiger partial charge in [0.1, 0.15) is 11.5 Å². The molecule has 4 aromatic carbocycles. The van der Waals surface area contributed by atoms with Gasteiger partial charge in [-0.25, -0.2) is 18.5 Å². The lowest BCUT2D eigenvalue weighted by Crippen LogP contribution is -2.10. The van der Waals surface area contributed by atoms with E-state index in [2.05, 4.69) is 25.6 Å². The van der Waals surface area contributed by atoms with Crippen LogP contribution in [0.2, 0.25) is 10.0 Å². The average molecular weight is 774 g/mol. The number of ether oxygens (including phenoxy) is 4. The lowest BCUT2D eigenvalue weighted by molar-refractivity contribution is -0.143. The Kier molecular flexibility index (Phi) is 14.8. The summed E-state index contributed by atoms with van der Waals surface area (Å²) in [5, 5.41) is 0.627. The molecule has 4 rings (SSSR count). The first-order valence-corrected chi connectivity index (χ1v) is 16.3. The van der Waals surface area contributed by atoms with Crippen LogP contribution in [0.1, 0.15) is 37.5 Å². The van der Waals surface area contributed by atoms with Gasteiger partial charge in [-0.15, -0.1) is 0 Å². The monoisotopic (exact) mass is 772 g/mol. The number of esters is 2. The van der Waals surface area contributed by atoms with Crippen molar-refractivity contribution in [1.82, 2.24) is 0 Å². The van der Waals surface area contributed by atoms with E-state index >= 15 is 0 Å². The van der Waals surface area contributed by atoms with Crippen molar-refractivity contribution in [2.75, 3.05) is 13.2 Å². The molecule has 13 heteroatoms. The molecule has 0 bridgehead atoms. The van der Waals surface area contributed by atoms with Gasteiger partial charge in [-0.2, -0.15) is 0 Å². The smallest absolute Gasteiger partial charge is 0.310 e. The molecule has 0 heterocycles. The molecule has 0 unspecified atom stereocenters. The van der Waals surface area contributed by atoms with E-state index in [1.165, 1.54) is 42.5 Å². The number of carbonyl (C=O) groups excluding carboxylic acids is 2. The molecule has 0 N–H and O–H groups in total. The minimum Gasteiger partial charge on any atom is -0.466 e. The quantitative estimate of drug-likeness (QED) is 0.112. The van der Waals surface area contributed by atoms with Gasteiger partial charge in [0.2, 0.25) is 0 Å². The number of hydrogen-bond donors (Lipinski definition) is 0. The highest BCUT2D eigenvalue weighted by atomic mass is 79.9. The third kappa shape index (κ3) is 11.2. The van der Waals surface area contributed by atoms with Crippen LogP contribution in [0.15, 0.2) is 65.1 Å². The van der Waals surface area contributed by atoms with Crippen LogP contribution >= 0.6 is 39.1 Å². The van der Waals surface area contributed by atoms with Crippen molar-refractivity contribution in [3.8, 4) is 23.0 Å². The molecule has 0 radical (unpaired) electrons. The van der Waals surface area contributed by atoms with Gasteiger partial charge >= 0.3 is 11.9 Å². The molecule has 4 aromatic rings. The van der Waals surface area contributed by atoms with Crippen LogP contribution in [0.5, 0.6) is 23.0 Å². The molecular weight excluding hydrogens is 745 g/mol. The summed E-state index contributed by atoms with van der Waals surface area (Å²) in [6.45, 7) is 19.8. The highest BCUT2D eigenvalue weighted by Crippen LogP contribution is 2.37. The van der Waals surface area contributed by atoms with E-state index in [0.717, 1.165) is 0 Å². The van der Waals surface area contributed by atoms with Crippen molar-refractivity contribution < 1.29 is 37.3 Å². The third-order valence-electron chi connectivity index (χ3n) is 6.46. The van der Waals surface area contributed by atoms with E-state index in [-0.39, 0.29) is 65.9 Å². The molecule has 0 aromatic heterocycles. The van der Waals surface area contributed by atoms with Gasteiger partial charge in [-0.1, -0.05) is 48.3 Å². The van der Waals surface area contributed by atoms with Gasteiger partial charge < -0.3 is 18.9 Å². The van der Waals surface area contributed by atoms with E-state index in [0.29, 0.717) is 32.2 Å². The topological polar surface area (TPSA) is 79.8 Å². The van der Waals surface area contributed by atoms with Crippen molar-refractivity contribution in [3.63, 3.8) is 0 Å². The number of hydrogen-bond acceptors (Lipinski definition) is 6. The number of nitrogens with zero attached hydrogens (tertiary/aromatic N) is 2. The molecule has 0 fully saturated rings. The highest BCUT2D eigenvalue weighted by molar-refractivity contribution is 9.10. The van der Waals surface area contributed by atoms with Crippen LogP contribution in [-0.2, 0) is 38.3 Å². The zero-order chi connectivity index (χ0) is 36.1. The fourth-order valence-electron chi connectivity index (χ4n) is 4.28. The maximum Gasteiger partial charge on any atom is 0.310 e. The number of rotatable bonds is 11. The molecule has 0 aliphatic heterocycles. The van der Waals surface area contributed by atoms with Gasteiger partial charge in [-0.3, -0.25) is 9.59 Å². The van der Waals surface area contributed by atoms with Gasteiger partial charge in [0.25, 0.3) is 0 Å². The normalized spacial score (nSPS) is 10.2. The van der Waals surface area contributed by atoms with E-state index in [1.54, 1.807) is 32.0 Å². The highest BCUT2D eigenvalue weighted by Gasteiger charge is 2.19. The van der Waals surface area contributed by atoms with Crippen LogP contribution < -0.4 is 9.47 Å². The molecule has 49 heavy (non-hydrogen) atoms. The van der Waals surface area contributed by atoms with Crippen molar-refractivity contribution in [2.45, 2.75) is 40.0 Å². The van der Waals surface area contributed by atoms with Crippen molar-refractivity contribution in [1.29, 1.82) is 0 Å². The Balaban J connectivity index is 0.000000266. The average Bonchev–Trinajstić information content (AvgIpc) is 3.06. The minimum absolute atomic E-state index is 0.0301. The summed E-state index contributed by atoms with van der Waals surface area (Å²) in [4.78, 5) is 29.8. The molecule has 0 amide bonds. The van der Waals surface area contributed by atoms with Crippen LogP contribution in [0.4, 0.5) is 20.2 Å². The Morgan fingerprint density at radius 2 is 1.12 bits per heavy atom. The summed E-state index contributed by atoms with van der Waals surface area (Å²) in [7, 11) is 0. The molecule has 254 valence electrons. The number of halogens is 5. The molecule has 0 saturated heterocycles. The standard InChI is InChI=1S/C19H17ClFNO3.C17H12BrClFNO3/c1-4-12-6-7-13(8-17(23)24-5-2)18(21)19(12)25-16-10-14(20)9-15(11-16)22-3;1-3-23-15(22)6-10-4-5-14(18)17(16(10)20)24-13-8-11(19)7-12(9-13)21-2/h6-7,9-11H,4-5,8H2,1-2H3;4-5,7-9H,3,6H2,1H3. The fourth-order valence-corrected chi connectivity index (χ4v) is 5.10. The third-order valence-corrected chi connectivity index (χ3v) is 7.52. The minimum atomic E-state index is -0.679. The predicted octanol–water partition coefficient (Wildman–Crippen LogP) is 11.2. The second-order valence-corrected chi connectivity index (χ2v) is 11.6. The van der Waals surface area contributed by atoms with E-state index < -0.39 is 23.6 Å². The molecule has 0 saturated carbocycles. The Morgan fingerprint density at radius 3 is 1.57 bits per heavy atom. The van der Waals surface area contributed by atoms with Crippen LogP contribution in [0, 0.1) is 24.8 Å². The maximum atomic E-state index is 14.9. The van der Waals surface area contributed by atoms with Crippen molar-refractivity contribution >= 4 is 62.4 Å². The largest absolute Gasteiger partial charge is 0.466 e. The van der Waals surface area contributed by atoms with Crippen molar-refractivity contribution in [3.05, 3.63) is 126 Å². The van der Waals surface area contributed by atoms with Crippen LogP contribution in [0.3, 0.4) is 0 Å². The number of benzene rings is 4. The zero-order valence-corrected chi connectivity index (χ0v) is 29.6. The molecule has 0 aliphatic rings. The molecule has 0 atom stereocenters. The summed E-state index contributed by atoms with van der Waals surface area (Å²) >= 11 is 15.1. The number of aryl methyl sites for hydroxylation is 1. The summed E-state index contributed by atoms with van der Waals surface area (Å²) in [5.41, 5.74) is 1.56. The summed E-state index contributed by atoms with van der Waals surface area (Å²) in [6, 6.07) is 15.2. The first-order chi connectivity index (χ1) is 23.4. The Hall–Kier alpha value is -4.68. The summed E-state index contributed by atoms with van der Waals surface area (Å²) < 4.78 is 50.8. The molecule has 8 nitrogen and oxygen atoms in total. The van der Waals surface area contributed by atoms with Gasteiger partial charge in [0.15, 0.2) is 34.5 Å². The first kappa shape index (κ1) is 38.8. The van der Waals surface area contributed by atoms with Gasteiger partial charge in [0.05, 0.1) is 43.7 Å². The van der Waals surface area contributed by atoms with E-state index in [1.807, 2.05) is 6.92 Å².